The first kappa shape index (κ1) is 29.6. The summed E-state index contributed by atoms with van der Waals surface area (Å²) in [4.78, 5) is 27.6. The van der Waals surface area contributed by atoms with Gasteiger partial charge in [0.2, 0.25) is 21.8 Å². The average Bonchev–Trinajstić information content (AvgIpc) is 2.79. The molecular weight excluding hydrogens is 546 g/mol. The summed E-state index contributed by atoms with van der Waals surface area (Å²) in [5, 5.41) is 2.86. The van der Waals surface area contributed by atoms with E-state index in [2.05, 4.69) is 21.2 Å². The smallest absolute Gasteiger partial charge is 0.242 e. The summed E-state index contributed by atoms with van der Waals surface area (Å²) in [5.41, 5.74) is 1.39. The molecule has 1 N–H and O–H groups in total. The average molecular weight is 583 g/mol. The second kappa shape index (κ2) is 13.6. The maximum absolute atomic E-state index is 13.3. The van der Waals surface area contributed by atoms with Crippen molar-refractivity contribution in [2.24, 2.45) is 0 Å². The molecule has 0 aliphatic heterocycles. The molecule has 0 saturated carbocycles. The Kier molecular flexibility index (Phi) is 11.2. The topological polar surface area (TPSA) is 96.0 Å². The van der Waals surface area contributed by atoms with Crippen LogP contribution in [0.5, 0.6) is 5.75 Å². The first-order valence-electron chi connectivity index (χ1n) is 12.0. The highest BCUT2D eigenvalue weighted by Crippen LogP contribution is 2.23. The number of sulfonamides is 1. The fourth-order valence-electron chi connectivity index (χ4n) is 3.70. The Balaban J connectivity index is 2.15. The van der Waals surface area contributed by atoms with Gasteiger partial charge in [0.25, 0.3) is 0 Å². The molecule has 0 radical (unpaired) electrons. The fourth-order valence-corrected chi connectivity index (χ4v) is 5.11. The Morgan fingerprint density at radius 3 is 2.31 bits per heavy atom. The number of hydrogen-bond donors (Lipinski definition) is 1. The number of hydrogen-bond acceptors (Lipinski definition) is 5. The zero-order valence-corrected chi connectivity index (χ0v) is 23.9. The molecular formula is C26H36BrN3O5S. The van der Waals surface area contributed by atoms with E-state index in [-0.39, 0.29) is 37.4 Å². The number of halogens is 1. The molecule has 0 saturated heterocycles. The summed E-state index contributed by atoms with van der Waals surface area (Å²) in [6, 6.07) is 13.6. The van der Waals surface area contributed by atoms with Gasteiger partial charge in [-0.1, -0.05) is 28.1 Å². The highest BCUT2D eigenvalue weighted by molar-refractivity contribution is 9.10. The zero-order chi connectivity index (χ0) is 26.9. The second-order valence-corrected chi connectivity index (χ2v) is 11.7. The standard InChI is InChI=1S/C26H36BrN3O5S/c1-6-35-24-14-12-23(13-15-24)30(36(5,33)34)16-8-11-25(31)29(20(4)26(32)28-19(2)3)18-21-9-7-10-22(27)17-21/h7,9-10,12-15,17,19-20H,6,8,11,16,18H2,1-5H3,(H,28,32)/t20-/m0/s1. The Labute approximate surface area is 223 Å². The van der Waals surface area contributed by atoms with Crippen LogP contribution in [0.15, 0.2) is 53.0 Å². The van der Waals surface area contributed by atoms with Gasteiger partial charge < -0.3 is 15.0 Å². The van der Waals surface area contributed by atoms with Gasteiger partial charge >= 0.3 is 0 Å². The van der Waals surface area contributed by atoms with E-state index < -0.39 is 16.1 Å². The van der Waals surface area contributed by atoms with Gasteiger partial charge in [-0.3, -0.25) is 13.9 Å². The predicted octanol–water partition coefficient (Wildman–Crippen LogP) is 4.34. The van der Waals surface area contributed by atoms with Crippen LogP contribution in [-0.4, -0.2) is 56.6 Å². The van der Waals surface area contributed by atoms with Crippen LogP contribution >= 0.6 is 15.9 Å². The SMILES string of the molecule is CCOc1ccc(N(CCCC(=O)N(Cc2cccc(Br)c2)[C@@H](C)C(=O)NC(C)C)S(C)(=O)=O)cc1. The van der Waals surface area contributed by atoms with Crippen LogP contribution in [0.2, 0.25) is 0 Å². The number of anilines is 1. The first-order chi connectivity index (χ1) is 16.9. The van der Waals surface area contributed by atoms with Crippen molar-refractivity contribution in [2.75, 3.05) is 23.7 Å². The number of nitrogens with zero attached hydrogens (tertiary/aromatic N) is 2. The van der Waals surface area contributed by atoms with E-state index in [1.54, 1.807) is 36.1 Å². The fraction of sp³-hybridized carbons (Fsp3) is 0.462. The van der Waals surface area contributed by atoms with Crippen LogP contribution in [0.4, 0.5) is 5.69 Å². The van der Waals surface area contributed by atoms with E-state index >= 15 is 0 Å². The van der Waals surface area contributed by atoms with E-state index in [4.69, 9.17) is 4.74 Å². The van der Waals surface area contributed by atoms with E-state index in [1.807, 2.05) is 45.0 Å². The van der Waals surface area contributed by atoms with Gasteiger partial charge in [0.15, 0.2) is 0 Å². The van der Waals surface area contributed by atoms with Crippen LogP contribution in [0.25, 0.3) is 0 Å². The highest BCUT2D eigenvalue weighted by atomic mass is 79.9. The van der Waals surface area contributed by atoms with Gasteiger partial charge in [0.05, 0.1) is 18.6 Å². The van der Waals surface area contributed by atoms with Crippen molar-refractivity contribution < 1.29 is 22.7 Å². The molecule has 10 heteroatoms. The maximum Gasteiger partial charge on any atom is 0.242 e. The van der Waals surface area contributed by atoms with Crippen LogP contribution in [-0.2, 0) is 26.2 Å². The van der Waals surface area contributed by atoms with Crippen LogP contribution in [0.3, 0.4) is 0 Å². The highest BCUT2D eigenvalue weighted by Gasteiger charge is 2.27. The van der Waals surface area contributed by atoms with Crippen molar-refractivity contribution in [1.29, 1.82) is 0 Å². The van der Waals surface area contributed by atoms with Crippen LogP contribution in [0.1, 0.15) is 46.1 Å². The summed E-state index contributed by atoms with van der Waals surface area (Å²) in [6.45, 7) is 8.23. The maximum atomic E-state index is 13.3. The Hall–Kier alpha value is -2.59. The van der Waals surface area contributed by atoms with E-state index in [9.17, 15) is 18.0 Å². The molecule has 0 spiro atoms. The number of amides is 2. The Bertz CT molecular complexity index is 1120. The van der Waals surface area contributed by atoms with Crippen molar-refractivity contribution in [2.45, 2.75) is 59.2 Å². The number of rotatable bonds is 13. The Morgan fingerprint density at radius 2 is 1.75 bits per heavy atom. The minimum atomic E-state index is -3.56. The summed E-state index contributed by atoms with van der Waals surface area (Å²) >= 11 is 3.45. The molecule has 0 aliphatic carbocycles. The monoisotopic (exact) mass is 581 g/mol. The molecule has 0 aromatic heterocycles. The van der Waals surface area contributed by atoms with E-state index in [1.165, 1.54) is 4.31 Å². The zero-order valence-electron chi connectivity index (χ0n) is 21.5. The van der Waals surface area contributed by atoms with Gasteiger partial charge in [-0.05, 0) is 76.1 Å². The molecule has 8 nitrogen and oxygen atoms in total. The van der Waals surface area contributed by atoms with Crippen molar-refractivity contribution in [3.05, 3.63) is 58.6 Å². The third-order valence-electron chi connectivity index (χ3n) is 5.43. The lowest BCUT2D eigenvalue weighted by Crippen LogP contribution is -2.49. The minimum absolute atomic E-state index is 0.0554. The molecule has 0 aliphatic rings. The second-order valence-electron chi connectivity index (χ2n) is 8.86. The molecule has 0 unspecified atom stereocenters. The quantitative estimate of drug-likeness (QED) is 0.379. The largest absolute Gasteiger partial charge is 0.494 e. The number of carbonyl (C=O) groups is 2. The molecule has 198 valence electrons. The van der Waals surface area contributed by atoms with Crippen molar-refractivity contribution >= 4 is 43.5 Å². The number of ether oxygens (including phenoxy) is 1. The number of carbonyl (C=O) groups excluding carboxylic acids is 2. The number of nitrogens with one attached hydrogen (secondary N) is 1. The van der Waals surface area contributed by atoms with E-state index in [0.717, 1.165) is 16.3 Å². The summed E-state index contributed by atoms with van der Waals surface area (Å²) in [6.07, 6.45) is 1.53. The minimum Gasteiger partial charge on any atom is -0.494 e. The first-order valence-corrected chi connectivity index (χ1v) is 14.6. The van der Waals surface area contributed by atoms with Gasteiger partial charge in [0, 0.05) is 30.0 Å². The molecule has 2 aromatic carbocycles. The summed E-state index contributed by atoms with van der Waals surface area (Å²) < 4.78 is 32.5. The molecule has 0 bridgehead atoms. The van der Waals surface area contributed by atoms with Gasteiger partial charge in [-0.25, -0.2) is 8.42 Å². The third-order valence-corrected chi connectivity index (χ3v) is 7.12. The molecule has 1 atom stereocenters. The van der Waals surface area contributed by atoms with Crippen LogP contribution in [0, 0.1) is 0 Å². The van der Waals surface area contributed by atoms with Gasteiger partial charge in [0.1, 0.15) is 11.8 Å². The van der Waals surface area contributed by atoms with Crippen LogP contribution < -0.4 is 14.4 Å². The molecule has 2 amide bonds. The molecule has 0 heterocycles. The van der Waals surface area contributed by atoms with Crippen molar-refractivity contribution in [3.8, 4) is 5.75 Å². The van der Waals surface area contributed by atoms with Gasteiger partial charge in [-0.15, -0.1) is 0 Å². The normalized spacial score (nSPS) is 12.2. The van der Waals surface area contributed by atoms with E-state index in [0.29, 0.717) is 24.5 Å². The molecule has 2 aromatic rings. The predicted molar refractivity (Wildman–Crippen MR) is 146 cm³/mol. The lowest BCUT2D eigenvalue weighted by molar-refractivity contribution is -0.140. The Morgan fingerprint density at radius 1 is 1.08 bits per heavy atom. The van der Waals surface area contributed by atoms with Crippen molar-refractivity contribution in [1.82, 2.24) is 10.2 Å². The van der Waals surface area contributed by atoms with Gasteiger partial charge in [-0.2, -0.15) is 0 Å². The summed E-state index contributed by atoms with van der Waals surface area (Å²) in [7, 11) is -3.56. The molecule has 0 fully saturated rings. The van der Waals surface area contributed by atoms with Crippen molar-refractivity contribution in [3.63, 3.8) is 0 Å². The third kappa shape index (κ3) is 9.13. The molecule has 36 heavy (non-hydrogen) atoms. The number of benzene rings is 2. The lowest BCUT2D eigenvalue weighted by atomic mass is 10.1. The summed E-state index contributed by atoms with van der Waals surface area (Å²) in [5.74, 6) is 0.198. The molecule has 2 rings (SSSR count). The lowest BCUT2D eigenvalue weighted by Gasteiger charge is -2.30.